The molecule has 0 aromatic rings. The third kappa shape index (κ3) is 5.06. The molecular weight excluding hydrogens is 252 g/mol. The van der Waals surface area contributed by atoms with Gasteiger partial charge in [-0.15, -0.1) is 0 Å². The third-order valence-electron chi connectivity index (χ3n) is 1.99. The maximum absolute atomic E-state index is 11.6. The number of esters is 1. The van der Waals surface area contributed by atoms with Crippen molar-refractivity contribution in [3.8, 4) is 6.07 Å². The van der Waals surface area contributed by atoms with Gasteiger partial charge in [-0.25, -0.2) is 4.79 Å². The topological polar surface area (TPSA) is 70.4 Å². The van der Waals surface area contributed by atoms with E-state index < -0.39 is 5.97 Å². The summed E-state index contributed by atoms with van der Waals surface area (Å²) in [5.41, 5.74) is -0.144. The van der Waals surface area contributed by atoms with Gasteiger partial charge in [-0.1, -0.05) is 18.3 Å². The van der Waals surface area contributed by atoms with E-state index in [4.69, 9.17) is 5.26 Å². The molecule has 0 aliphatic carbocycles. The summed E-state index contributed by atoms with van der Waals surface area (Å²) in [7, 11) is 1.65. The largest absolute Gasteiger partial charge is 0.462 e. The summed E-state index contributed by atoms with van der Waals surface area (Å²) in [6, 6.07) is 1.72. The fraction of sp³-hybridized carbons (Fsp3) is 0.417. The minimum absolute atomic E-state index is 0.144. The van der Waals surface area contributed by atoms with Gasteiger partial charge in [0.2, 0.25) is 0 Å². The van der Waals surface area contributed by atoms with E-state index in [2.05, 4.69) is 11.3 Å². The van der Waals surface area contributed by atoms with Crippen molar-refractivity contribution in [2.24, 2.45) is 0 Å². The quantitative estimate of drug-likeness (QED) is 0.416. The zero-order valence-corrected chi connectivity index (χ0v) is 11.5. The van der Waals surface area contributed by atoms with E-state index in [1.54, 1.807) is 20.0 Å². The number of carbonyl (C=O) groups excluding carboxylic acids is 2. The normalized spacial score (nSPS) is 10.4. The number of nitriles is 1. The Balaban J connectivity index is 4.62. The SMILES string of the molecule is C=C(S/C=C(/C#N)C(=O)OCC)C(=O)N(C)CC. The number of carbonyl (C=O) groups is 2. The Hall–Kier alpha value is -1.74. The molecule has 0 spiro atoms. The highest BCUT2D eigenvalue weighted by Crippen LogP contribution is 2.19. The molecule has 0 rings (SSSR count). The highest BCUT2D eigenvalue weighted by Gasteiger charge is 2.13. The van der Waals surface area contributed by atoms with E-state index >= 15 is 0 Å². The number of hydrogen-bond donors (Lipinski definition) is 0. The lowest BCUT2D eigenvalue weighted by Gasteiger charge is -2.14. The van der Waals surface area contributed by atoms with Crippen molar-refractivity contribution in [2.75, 3.05) is 20.2 Å². The number of hydrogen-bond acceptors (Lipinski definition) is 5. The predicted molar refractivity (Wildman–Crippen MR) is 70.4 cm³/mol. The number of thioether (sulfide) groups is 1. The Morgan fingerprint density at radius 3 is 2.56 bits per heavy atom. The molecule has 6 heteroatoms. The lowest BCUT2D eigenvalue weighted by molar-refractivity contribution is -0.138. The van der Waals surface area contributed by atoms with Crippen molar-refractivity contribution >= 4 is 23.6 Å². The van der Waals surface area contributed by atoms with Crippen molar-refractivity contribution in [1.29, 1.82) is 5.26 Å². The number of nitrogens with zero attached hydrogens (tertiary/aromatic N) is 2. The molecule has 0 atom stereocenters. The zero-order chi connectivity index (χ0) is 14.1. The van der Waals surface area contributed by atoms with Crippen molar-refractivity contribution in [3.63, 3.8) is 0 Å². The van der Waals surface area contributed by atoms with Gasteiger partial charge < -0.3 is 9.64 Å². The molecule has 0 unspecified atom stereocenters. The van der Waals surface area contributed by atoms with Gasteiger partial charge in [0.05, 0.1) is 11.5 Å². The summed E-state index contributed by atoms with van der Waals surface area (Å²) in [6.45, 7) is 7.85. The molecule has 0 aromatic carbocycles. The van der Waals surface area contributed by atoms with Crippen LogP contribution in [0.5, 0.6) is 0 Å². The molecule has 0 saturated heterocycles. The maximum Gasteiger partial charge on any atom is 0.349 e. The van der Waals surface area contributed by atoms with Gasteiger partial charge in [-0.2, -0.15) is 5.26 Å². The molecule has 18 heavy (non-hydrogen) atoms. The van der Waals surface area contributed by atoms with Crippen molar-refractivity contribution < 1.29 is 14.3 Å². The second-order valence-corrected chi connectivity index (χ2v) is 4.19. The van der Waals surface area contributed by atoms with Crippen LogP contribution in [-0.4, -0.2) is 37.0 Å². The molecule has 0 fully saturated rings. The first-order valence-corrected chi connectivity index (χ1v) is 6.24. The van der Waals surface area contributed by atoms with Crippen molar-refractivity contribution in [3.05, 3.63) is 22.5 Å². The van der Waals surface area contributed by atoms with E-state index in [0.717, 1.165) is 11.8 Å². The summed E-state index contributed by atoms with van der Waals surface area (Å²) in [4.78, 5) is 24.7. The monoisotopic (exact) mass is 268 g/mol. The van der Waals surface area contributed by atoms with Crippen molar-refractivity contribution in [2.45, 2.75) is 13.8 Å². The minimum atomic E-state index is -0.698. The van der Waals surface area contributed by atoms with Gasteiger partial charge in [0.1, 0.15) is 11.6 Å². The van der Waals surface area contributed by atoms with Crippen LogP contribution in [0.3, 0.4) is 0 Å². The first-order valence-electron chi connectivity index (χ1n) is 5.36. The van der Waals surface area contributed by atoms with Crippen LogP contribution < -0.4 is 0 Å². The molecule has 0 aliphatic heterocycles. The molecule has 0 N–H and O–H groups in total. The van der Waals surface area contributed by atoms with Gasteiger partial charge in [-0.3, -0.25) is 4.79 Å². The summed E-state index contributed by atoms with van der Waals surface area (Å²) in [6.07, 6.45) is 0. The fourth-order valence-corrected chi connectivity index (χ4v) is 1.53. The van der Waals surface area contributed by atoms with Crippen LogP contribution in [0.2, 0.25) is 0 Å². The van der Waals surface area contributed by atoms with Gasteiger partial charge in [0, 0.05) is 19.0 Å². The van der Waals surface area contributed by atoms with E-state index in [-0.39, 0.29) is 23.0 Å². The number of rotatable bonds is 6. The molecule has 0 aliphatic rings. The van der Waals surface area contributed by atoms with E-state index in [1.165, 1.54) is 10.3 Å². The highest BCUT2D eigenvalue weighted by molar-refractivity contribution is 8.06. The third-order valence-corrected chi connectivity index (χ3v) is 2.81. The van der Waals surface area contributed by atoms with Crippen LogP contribution in [0, 0.1) is 11.3 Å². The van der Waals surface area contributed by atoms with Crippen LogP contribution >= 0.6 is 11.8 Å². The standard InChI is InChI=1S/C12H16N2O3S/c1-5-14(4)11(15)9(3)18-8-10(7-13)12(16)17-6-2/h8H,3,5-6H2,1-2,4H3/b10-8-. The van der Waals surface area contributed by atoms with E-state index in [1.807, 2.05) is 6.92 Å². The van der Waals surface area contributed by atoms with Crippen LogP contribution in [0.25, 0.3) is 0 Å². The van der Waals surface area contributed by atoms with Gasteiger partial charge in [-0.05, 0) is 13.8 Å². The second-order valence-electron chi connectivity index (χ2n) is 3.22. The molecule has 0 heterocycles. The zero-order valence-electron chi connectivity index (χ0n) is 10.7. The van der Waals surface area contributed by atoms with Crippen molar-refractivity contribution in [1.82, 2.24) is 4.90 Å². The molecule has 1 amide bonds. The van der Waals surface area contributed by atoms with Crippen LogP contribution in [0.4, 0.5) is 0 Å². The molecule has 0 saturated carbocycles. The summed E-state index contributed by atoms with van der Waals surface area (Å²) >= 11 is 0.944. The second kappa shape index (κ2) is 8.37. The first-order chi connectivity index (χ1) is 8.47. The summed E-state index contributed by atoms with van der Waals surface area (Å²) in [5, 5.41) is 10.1. The fourth-order valence-electron chi connectivity index (χ4n) is 0.866. The first kappa shape index (κ1) is 16.3. The molecule has 98 valence electrons. The Bertz CT molecular complexity index is 410. The molecule has 0 bridgehead atoms. The lowest BCUT2D eigenvalue weighted by atomic mass is 10.3. The minimum Gasteiger partial charge on any atom is -0.462 e. The van der Waals surface area contributed by atoms with Crippen LogP contribution in [-0.2, 0) is 14.3 Å². The molecule has 0 aromatic heterocycles. The molecule has 5 nitrogen and oxygen atoms in total. The number of likely N-dealkylation sites (N-methyl/N-ethyl adjacent to an activating group) is 1. The highest BCUT2D eigenvalue weighted by atomic mass is 32.2. The van der Waals surface area contributed by atoms with Gasteiger partial charge >= 0.3 is 5.97 Å². The average molecular weight is 268 g/mol. The van der Waals surface area contributed by atoms with E-state index in [0.29, 0.717) is 6.54 Å². The molecule has 0 radical (unpaired) electrons. The molecular formula is C12H16N2O3S. The number of amides is 1. The van der Waals surface area contributed by atoms with E-state index in [9.17, 15) is 9.59 Å². The Kier molecular flexibility index (Phi) is 7.56. The summed E-state index contributed by atoms with van der Waals surface area (Å²) in [5.74, 6) is -0.934. The van der Waals surface area contributed by atoms with Gasteiger partial charge in [0.25, 0.3) is 5.91 Å². The van der Waals surface area contributed by atoms with Crippen LogP contribution in [0.15, 0.2) is 22.5 Å². The van der Waals surface area contributed by atoms with Crippen LogP contribution in [0.1, 0.15) is 13.8 Å². The Morgan fingerprint density at radius 2 is 2.11 bits per heavy atom. The number of ether oxygens (including phenoxy) is 1. The smallest absolute Gasteiger partial charge is 0.349 e. The Labute approximate surface area is 111 Å². The van der Waals surface area contributed by atoms with Gasteiger partial charge in [0.15, 0.2) is 0 Å². The summed E-state index contributed by atoms with van der Waals surface area (Å²) < 4.78 is 4.69. The maximum atomic E-state index is 11.6. The average Bonchev–Trinajstić information content (AvgIpc) is 2.37. The predicted octanol–water partition coefficient (Wildman–Crippen LogP) is 1.68. The lowest BCUT2D eigenvalue weighted by Crippen LogP contribution is -2.26. The Morgan fingerprint density at radius 1 is 1.50 bits per heavy atom.